The van der Waals surface area contributed by atoms with Gasteiger partial charge in [0.1, 0.15) is 12.6 Å². The normalized spacial score (nSPS) is 17.3. The van der Waals surface area contributed by atoms with E-state index in [-0.39, 0.29) is 12.5 Å². The molecule has 184 valence electrons. The fourth-order valence-electron chi connectivity index (χ4n) is 4.57. The second-order valence-corrected chi connectivity index (χ2v) is 9.51. The zero-order chi connectivity index (χ0) is 24.6. The molecule has 2 aromatic carbocycles. The number of carbonyl (C=O) groups excluding carboxylic acids is 2. The van der Waals surface area contributed by atoms with E-state index in [1.165, 1.54) is 5.57 Å². The molecular weight excluding hydrogens is 440 g/mol. The van der Waals surface area contributed by atoms with Crippen LogP contribution >= 0.6 is 0 Å². The molecular formula is C29H34N2O4. The Morgan fingerprint density at radius 3 is 2.63 bits per heavy atom. The van der Waals surface area contributed by atoms with E-state index in [1.807, 2.05) is 60.8 Å². The number of H-pyrrole nitrogens is 1. The molecule has 1 amide bonds. The number of esters is 1. The molecule has 0 saturated carbocycles. The highest BCUT2D eigenvalue weighted by Gasteiger charge is 2.26. The van der Waals surface area contributed by atoms with E-state index in [1.54, 1.807) is 0 Å². The number of amides is 1. The molecule has 4 rings (SSSR count). The molecule has 3 unspecified atom stereocenters. The number of ether oxygens (including phenoxy) is 2. The third-order valence-corrected chi connectivity index (χ3v) is 6.86. The lowest BCUT2D eigenvalue weighted by atomic mass is 9.82. The lowest BCUT2D eigenvalue weighted by molar-refractivity contribution is -0.147. The summed E-state index contributed by atoms with van der Waals surface area (Å²) in [6.45, 7) is 4.74. The highest BCUT2D eigenvalue weighted by Crippen LogP contribution is 2.29. The zero-order valence-electron chi connectivity index (χ0n) is 20.5. The fraction of sp³-hybridized carbons (Fsp3) is 0.379. The fourth-order valence-corrected chi connectivity index (χ4v) is 4.57. The van der Waals surface area contributed by atoms with Crippen LogP contribution in [0.5, 0.6) is 0 Å². The van der Waals surface area contributed by atoms with Crippen LogP contribution in [0.2, 0.25) is 0 Å². The molecule has 0 aliphatic heterocycles. The van der Waals surface area contributed by atoms with Crippen LogP contribution in [0.4, 0.5) is 4.79 Å². The number of rotatable bonds is 9. The van der Waals surface area contributed by atoms with Crippen LogP contribution in [0.3, 0.4) is 0 Å². The first kappa shape index (κ1) is 24.6. The number of aromatic nitrogens is 1. The smallest absolute Gasteiger partial charge is 0.407 e. The Morgan fingerprint density at radius 2 is 1.86 bits per heavy atom. The topological polar surface area (TPSA) is 80.4 Å². The second kappa shape index (κ2) is 11.7. The molecule has 3 aromatic rings. The van der Waals surface area contributed by atoms with E-state index < -0.39 is 18.1 Å². The van der Waals surface area contributed by atoms with Crippen LogP contribution in [-0.4, -0.2) is 29.7 Å². The summed E-state index contributed by atoms with van der Waals surface area (Å²) >= 11 is 0. The molecule has 1 heterocycles. The van der Waals surface area contributed by atoms with Gasteiger partial charge in [0, 0.05) is 23.5 Å². The molecule has 3 atom stereocenters. The minimum atomic E-state index is -0.860. The van der Waals surface area contributed by atoms with Crippen LogP contribution in [0.1, 0.15) is 44.2 Å². The number of fused-ring (bicyclic) bond motifs is 1. The lowest BCUT2D eigenvalue weighted by Crippen LogP contribution is -2.44. The van der Waals surface area contributed by atoms with Gasteiger partial charge in [-0.15, -0.1) is 0 Å². The standard InChI is InChI=1S/C29H34N2O4/c1-20-12-14-23(15-13-20)21(2)18-35-29(33)31-27(28(32)34-19-22-8-4-3-5-9-22)16-24-17-30-26-11-7-6-10-25(24)26/h3-12,17,21,23,27,30H,13-16,18-19H2,1-2H3,(H,31,33). The molecule has 0 bridgehead atoms. The summed E-state index contributed by atoms with van der Waals surface area (Å²) in [7, 11) is 0. The highest BCUT2D eigenvalue weighted by molar-refractivity contribution is 5.86. The number of allylic oxidation sites excluding steroid dienone is 2. The average Bonchev–Trinajstić information content (AvgIpc) is 3.29. The summed E-state index contributed by atoms with van der Waals surface area (Å²) in [5.41, 5.74) is 4.23. The van der Waals surface area contributed by atoms with Gasteiger partial charge in [-0.25, -0.2) is 9.59 Å². The largest absolute Gasteiger partial charge is 0.459 e. The van der Waals surface area contributed by atoms with E-state index in [0.29, 0.717) is 18.9 Å². The lowest BCUT2D eigenvalue weighted by Gasteiger charge is -2.26. The van der Waals surface area contributed by atoms with Gasteiger partial charge in [-0.1, -0.05) is 67.1 Å². The van der Waals surface area contributed by atoms with Gasteiger partial charge in [0.05, 0.1) is 6.61 Å². The van der Waals surface area contributed by atoms with Crippen LogP contribution in [0.25, 0.3) is 10.9 Å². The zero-order valence-corrected chi connectivity index (χ0v) is 20.5. The molecule has 0 spiro atoms. The summed E-state index contributed by atoms with van der Waals surface area (Å²) in [6.07, 6.45) is 7.09. The Labute approximate surface area is 206 Å². The molecule has 1 aliphatic rings. The maximum absolute atomic E-state index is 13.0. The van der Waals surface area contributed by atoms with Crippen molar-refractivity contribution >= 4 is 23.0 Å². The van der Waals surface area contributed by atoms with Crippen molar-refractivity contribution in [2.75, 3.05) is 6.61 Å². The molecule has 0 radical (unpaired) electrons. The van der Waals surface area contributed by atoms with Crippen molar-refractivity contribution in [3.63, 3.8) is 0 Å². The minimum Gasteiger partial charge on any atom is -0.459 e. The molecule has 6 nitrogen and oxygen atoms in total. The van der Waals surface area contributed by atoms with Crippen molar-refractivity contribution in [3.8, 4) is 0 Å². The van der Waals surface area contributed by atoms with E-state index in [2.05, 4.69) is 30.2 Å². The minimum absolute atomic E-state index is 0.145. The first-order chi connectivity index (χ1) is 17.0. The first-order valence-electron chi connectivity index (χ1n) is 12.3. The highest BCUT2D eigenvalue weighted by atomic mass is 16.6. The van der Waals surface area contributed by atoms with Crippen molar-refractivity contribution < 1.29 is 19.1 Å². The Balaban J connectivity index is 1.39. The molecule has 35 heavy (non-hydrogen) atoms. The number of benzene rings is 2. The van der Waals surface area contributed by atoms with Crippen LogP contribution in [0, 0.1) is 11.8 Å². The maximum Gasteiger partial charge on any atom is 0.407 e. The van der Waals surface area contributed by atoms with Crippen molar-refractivity contribution in [3.05, 3.63) is 83.6 Å². The summed E-state index contributed by atoms with van der Waals surface area (Å²) in [5, 5.41) is 3.77. The summed E-state index contributed by atoms with van der Waals surface area (Å²) in [5.74, 6) is 0.267. The molecule has 1 aliphatic carbocycles. The number of para-hydroxylation sites is 1. The van der Waals surface area contributed by atoms with Gasteiger partial charge in [-0.05, 0) is 55.2 Å². The van der Waals surface area contributed by atoms with Gasteiger partial charge < -0.3 is 19.8 Å². The Kier molecular flexibility index (Phi) is 8.24. The number of hydrogen-bond acceptors (Lipinski definition) is 4. The molecule has 0 saturated heterocycles. The maximum atomic E-state index is 13.0. The second-order valence-electron chi connectivity index (χ2n) is 9.51. The predicted molar refractivity (Wildman–Crippen MR) is 137 cm³/mol. The number of carbonyl (C=O) groups is 2. The molecule has 2 N–H and O–H groups in total. The van der Waals surface area contributed by atoms with Crippen LogP contribution in [-0.2, 0) is 27.3 Å². The Hall–Kier alpha value is -3.54. The van der Waals surface area contributed by atoms with E-state index in [0.717, 1.165) is 41.3 Å². The molecule has 1 aromatic heterocycles. The van der Waals surface area contributed by atoms with Crippen molar-refractivity contribution in [2.24, 2.45) is 11.8 Å². The number of alkyl carbamates (subject to hydrolysis) is 1. The third kappa shape index (κ3) is 6.75. The van der Waals surface area contributed by atoms with Crippen molar-refractivity contribution in [1.82, 2.24) is 10.3 Å². The Morgan fingerprint density at radius 1 is 1.09 bits per heavy atom. The number of aromatic amines is 1. The summed E-state index contributed by atoms with van der Waals surface area (Å²) < 4.78 is 11.1. The number of hydrogen-bond donors (Lipinski definition) is 2. The van der Waals surface area contributed by atoms with Crippen molar-refractivity contribution in [1.29, 1.82) is 0 Å². The molecule has 6 heteroatoms. The Bertz CT molecular complexity index is 1170. The quantitative estimate of drug-likeness (QED) is 0.297. The van der Waals surface area contributed by atoms with Gasteiger partial charge in [-0.3, -0.25) is 0 Å². The third-order valence-electron chi connectivity index (χ3n) is 6.86. The van der Waals surface area contributed by atoms with Crippen LogP contribution < -0.4 is 5.32 Å². The van der Waals surface area contributed by atoms with Crippen molar-refractivity contribution in [2.45, 2.75) is 52.2 Å². The van der Waals surface area contributed by atoms with E-state index in [4.69, 9.17) is 9.47 Å². The monoisotopic (exact) mass is 474 g/mol. The average molecular weight is 475 g/mol. The van der Waals surface area contributed by atoms with Crippen LogP contribution in [0.15, 0.2) is 72.4 Å². The molecule has 0 fully saturated rings. The number of nitrogens with one attached hydrogen (secondary N) is 2. The summed E-state index contributed by atoms with van der Waals surface area (Å²) in [6, 6.07) is 16.5. The van der Waals surface area contributed by atoms with Gasteiger partial charge in [0.2, 0.25) is 0 Å². The van der Waals surface area contributed by atoms with E-state index >= 15 is 0 Å². The summed E-state index contributed by atoms with van der Waals surface area (Å²) in [4.78, 5) is 28.9. The van der Waals surface area contributed by atoms with Gasteiger partial charge in [0.25, 0.3) is 0 Å². The first-order valence-corrected chi connectivity index (χ1v) is 12.3. The van der Waals surface area contributed by atoms with Gasteiger partial charge >= 0.3 is 12.1 Å². The van der Waals surface area contributed by atoms with E-state index in [9.17, 15) is 9.59 Å². The van der Waals surface area contributed by atoms with Gasteiger partial charge in [-0.2, -0.15) is 0 Å². The predicted octanol–water partition coefficient (Wildman–Crippen LogP) is 5.93. The van der Waals surface area contributed by atoms with Gasteiger partial charge in [0.15, 0.2) is 0 Å². The SMILES string of the molecule is CC1=CCC(C(C)COC(=O)NC(Cc2c[nH]c3ccccc23)C(=O)OCc2ccccc2)CC1.